The van der Waals surface area contributed by atoms with E-state index < -0.39 is 0 Å². The monoisotopic (exact) mass is 390 g/mol. The molecule has 2 N–H and O–H groups in total. The molecule has 1 aliphatic carbocycles. The van der Waals surface area contributed by atoms with E-state index in [4.69, 9.17) is 4.99 Å². The van der Waals surface area contributed by atoms with Crippen molar-refractivity contribution >= 4 is 23.5 Å². The summed E-state index contributed by atoms with van der Waals surface area (Å²) in [6, 6.07) is 4.81. The molecule has 2 heterocycles. The lowest BCUT2D eigenvalue weighted by Gasteiger charge is -2.33. The number of thioether (sulfide) groups is 1. The zero-order valence-electron chi connectivity index (χ0n) is 16.9. The minimum atomic E-state index is 0.540. The van der Waals surface area contributed by atoms with Crippen molar-refractivity contribution in [1.29, 1.82) is 0 Å². The molecule has 27 heavy (non-hydrogen) atoms. The molecule has 2 fully saturated rings. The van der Waals surface area contributed by atoms with Crippen LogP contribution >= 0.6 is 11.8 Å². The fourth-order valence-electron chi connectivity index (χ4n) is 3.74. The lowest BCUT2D eigenvalue weighted by molar-refractivity contribution is 0.312. The van der Waals surface area contributed by atoms with Gasteiger partial charge in [-0.15, -0.1) is 0 Å². The Bertz CT molecular complexity index is 614. The van der Waals surface area contributed by atoms with Gasteiger partial charge >= 0.3 is 0 Å². The minimum absolute atomic E-state index is 0.540. The highest BCUT2D eigenvalue weighted by molar-refractivity contribution is 7.99. The Hall–Kier alpha value is -1.47. The van der Waals surface area contributed by atoms with Gasteiger partial charge in [0.15, 0.2) is 5.96 Å². The number of anilines is 1. The highest BCUT2D eigenvalue weighted by Gasteiger charge is 2.24. The molecule has 7 heteroatoms. The third-order valence-electron chi connectivity index (χ3n) is 5.46. The molecule has 1 aromatic heterocycles. The van der Waals surface area contributed by atoms with Crippen LogP contribution in [0.15, 0.2) is 23.3 Å². The van der Waals surface area contributed by atoms with Crippen molar-refractivity contribution < 1.29 is 0 Å². The first-order chi connectivity index (χ1) is 13.2. The Morgan fingerprint density at radius 2 is 2.11 bits per heavy atom. The number of aromatic nitrogens is 1. The quantitative estimate of drug-likeness (QED) is 0.574. The summed E-state index contributed by atoms with van der Waals surface area (Å²) in [5.74, 6) is 2.01. The van der Waals surface area contributed by atoms with Gasteiger partial charge in [0.1, 0.15) is 5.82 Å². The van der Waals surface area contributed by atoms with Crippen molar-refractivity contribution in [2.45, 2.75) is 44.0 Å². The van der Waals surface area contributed by atoms with Crippen LogP contribution in [0, 0.1) is 0 Å². The van der Waals surface area contributed by atoms with E-state index in [-0.39, 0.29) is 0 Å². The summed E-state index contributed by atoms with van der Waals surface area (Å²) in [4.78, 5) is 14.1. The second-order valence-electron chi connectivity index (χ2n) is 7.52. The maximum atomic E-state index is 4.83. The van der Waals surface area contributed by atoms with Crippen molar-refractivity contribution in [2.24, 2.45) is 4.99 Å². The first-order valence-corrected chi connectivity index (χ1v) is 11.4. The summed E-state index contributed by atoms with van der Waals surface area (Å²) in [5, 5.41) is 7.81. The van der Waals surface area contributed by atoms with Crippen molar-refractivity contribution in [3.05, 3.63) is 23.9 Å². The van der Waals surface area contributed by atoms with E-state index in [1.165, 1.54) is 24.8 Å². The molecular formula is C20H34N6S. The van der Waals surface area contributed by atoms with Gasteiger partial charge in [-0.05, 0) is 57.2 Å². The van der Waals surface area contributed by atoms with Crippen LogP contribution < -0.4 is 15.5 Å². The van der Waals surface area contributed by atoms with Gasteiger partial charge in [0.25, 0.3) is 0 Å². The van der Waals surface area contributed by atoms with Crippen LogP contribution in [0.1, 0.15) is 31.7 Å². The fraction of sp³-hybridized carbons (Fsp3) is 0.700. The summed E-state index contributed by atoms with van der Waals surface area (Å²) >= 11 is 1.99. The summed E-state index contributed by atoms with van der Waals surface area (Å²) in [6.45, 7) is 7.95. The summed E-state index contributed by atoms with van der Waals surface area (Å²) < 4.78 is 0. The molecule has 6 nitrogen and oxygen atoms in total. The van der Waals surface area contributed by atoms with Crippen molar-refractivity contribution in [3.8, 4) is 0 Å². The Balaban J connectivity index is 1.59. The highest BCUT2D eigenvalue weighted by Crippen LogP contribution is 2.28. The predicted molar refractivity (Wildman–Crippen MR) is 117 cm³/mol. The van der Waals surface area contributed by atoms with Gasteiger partial charge in [0.05, 0.1) is 6.54 Å². The van der Waals surface area contributed by atoms with Crippen molar-refractivity contribution in [2.75, 3.05) is 50.9 Å². The maximum absolute atomic E-state index is 4.83. The van der Waals surface area contributed by atoms with Crippen LogP contribution in [0.2, 0.25) is 0 Å². The second kappa shape index (κ2) is 10.2. The standard InChI is InChI=1S/C20H34N6S/c1-4-21-20(24-17-5-6-18(14-17)27-3)23-15-16-7-8-22-19(13-16)26-11-9-25(2)10-12-26/h7-8,13,17-18H,4-6,9-12,14-15H2,1-3H3,(H2,21,23,24). The normalized spacial score (nSPS) is 24.3. The molecule has 2 unspecified atom stereocenters. The van der Waals surface area contributed by atoms with E-state index in [9.17, 15) is 0 Å². The van der Waals surface area contributed by atoms with Crippen LogP contribution in [0.5, 0.6) is 0 Å². The number of piperazine rings is 1. The predicted octanol–water partition coefficient (Wildman–Crippen LogP) is 2.17. The summed E-state index contributed by atoms with van der Waals surface area (Å²) in [6.07, 6.45) is 7.90. The smallest absolute Gasteiger partial charge is 0.191 e. The third kappa shape index (κ3) is 6.01. The van der Waals surface area contributed by atoms with Gasteiger partial charge in [-0.2, -0.15) is 11.8 Å². The third-order valence-corrected chi connectivity index (χ3v) is 6.55. The molecule has 0 aromatic carbocycles. The molecule has 2 atom stereocenters. The molecule has 1 saturated carbocycles. The van der Waals surface area contributed by atoms with Gasteiger partial charge in [-0.25, -0.2) is 9.98 Å². The molecule has 150 valence electrons. The first-order valence-electron chi connectivity index (χ1n) is 10.1. The highest BCUT2D eigenvalue weighted by atomic mass is 32.2. The Kier molecular flexibility index (Phi) is 7.64. The van der Waals surface area contributed by atoms with Crippen LogP contribution in [0.25, 0.3) is 0 Å². The van der Waals surface area contributed by atoms with Crippen LogP contribution in [0.3, 0.4) is 0 Å². The number of aliphatic imine (C=N–C) groups is 1. The molecular weight excluding hydrogens is 356 g/mol. The Morgan fingerprint density at radius 1 is 1.30 bits per heavy atom. The van der Waals surface area contributed by atoms with E-state index in [2.05, 4.69) is 57.8 Å². The zero-order chi connectivity index (χ0) is 19.1. The number of nitrogens with one attached hydrogen (secondary N) is 2. The number of pyridine rings is 1. The number of guanidine groups is 1. The van der Waals surface area contributed by atoms with E-state index in [0.717, 1.165) is 49.8 Å². The van der Waals surface area contributed by atoms with E-state index in [1.807, 2.05) is 18.0 Å². The van der Waals surface area contributed by atoms with Crippen LogP contribution in [-0.2, 0) is 6.54 Å². The number of hydrogen-bond acceptors (Lipinski definition) is 5. The molecule has 0 amide bonds. The number of likely N-dealkylation sites (N-methyl/N-ethyl adjacent to an activating group) is 1. The lowest BCUT2D eigenvalue weighted by Crippen LogP contribution is -2.44. The van der Waals surface area contributed by atoms with E-state index in [1.54, 1.807) is 0 Å². The molecule has 1 aromatic rings. The van der Waals surface area contributed by atoms with Gasteiger partial charge in [0, 0.05) is 50.2 Å². The number of hydrogen-bond donors (Lipinski definition) is 2. The molecule has 0 bridgehead atoms. The average molecular weight is 391 g/mol. The summed E-state index contributed by atoms with van der Waals surface area (Å²) in [7, 11) is 2.18. The first kappa shape index (κ1) is 20.3. The van der Waals surface area contributed by atoms with Crippen LogP contribution in [-0.4, -0.2) is 73.2 Å². The summed E-state index contributed by atoms with van der Waals surface area (Å²) in [5.41, 5.74) is 1.21. The second-order valence-corrected chi connectivity index (χ2v) is 8.66. The number of rotatable bonds is 6. The topological polar surface area (TPSA) is 55.8 Å². The Labute approximate surface area is 168 Å². The minimum Gasteiger partial charge on any atom is -0.357 e. The van der Waals surface area contributed by atoms with Gasteiger partial charge < -0.3 is 20.4 Å². The van der Waals surface area contributed by atoms with Gasteiger partial charge in [-0.3, -0.25) is 0 Å². The molecule has 2 aliphatic rings. The largest absolute Gasteiger partial charge is 0.357 e. The van der Waals surface area contributed by atoms with Crippen molar-refractivity contribution in [3.63, 3.8) is 0 Å². The van der Waals surface area contributed by atoms with Gasteiger partial charge in [0.2, 0.25) is 0 Å². The van der Waals surface area contributed by atoms with Gasteiger partial charge in [-0.1, -0.05) is 0 Å². The lowest BCUT2D eigenvalue weighted by atomic mass is 10.2. The maximum Gasteiger partial charge on any atom is 0.191 e. The molecule has 0 radical (unpaired) electrons. The fourth-order valence-corrected chi connectivity index (χ4v) is 4.53. The van der Waals surface area contributed by atoms with Crippen LogP contribution in [0.4, 0.5) is 5.82 Å². The molecule has 3 rings (SSSR count). The molecule has 1 saturated heterocycles. The van der Waals surface area contributed by atoms with E-state index >= 15 is 0 Å². The SMILES string of the molecule is CCNC(=NCc1ccnc(N2CCN(C)CC2)c1)NC1CCC(SC)C1. The number of nitrogens with zero attached hydrogens (tertiary/aromatic N) is 4. The molecule has 0 spiro atoms. The zero-order valence-corrected chi connectivity index (χ0v) is 17.8. The average Bonchev–Trinajstić information content (AvgIpc) is 3.15. The molecule has 1 aliphatic heterocycles. The van der Waals surface area contributed by atoms with E-state index in [0.29, 0.717) is 12.6 Å². The van der Waals surface area contributed by atoms with Crippen molar-refractivity contribution in [1.82, 2.24) is 20.5 Å². The Morgan fingerprint density at radius 3 is 2.81 bits per heavy atom.